The Kier molecular flexibility index (Phi) is 6.24. The highest BCUT2D eigenvalue weighted by molar-refractivity contribution is 6.30. The van der Waals surface area contributed by atoms with Crippen molar-refractivity contribution in [3.05, 3.63) is 107 Å². The number of anilines is 1. The fraction of sp³-hybridized carbons (Fsp3) is 0.0800. The number of halogens is 1. The second kappa shape index (κ2) is 9.41. The van der Waals surface area contributed by atoms with Crippen molar-refractivity contribution in [2.45, 2.75) is 13.5 Å². The number of benzene rings is 3. The van der Waals surface area contributed by atoms with Crippen LogP contribution in [-0.4, -0.2) is 20.7 Å². The molecule has 0 aliphatic heterocycles. The molecule has 0 aliphatic rings. The Hall–Kier alpha value is -3.70. The molecule has 31 heavy (non-hydrogen) atoms. The van der Waals surface area contributed by atoms with Gasteiger partial charge in [0.2, 0.25) is 5.95 Å². The number of hydrogen-bond donors (Lipinski definition) is 1. The first-order chi connectivity index (χ1) is 15.1. The van der Waals surface area contributed by atoms with Crippen LogP contribution in [0.15, 0.2) is 84.9 Å². The quantitative estimate of drug-likeness (QED) is 0.390. The average Bonchev–Trinajstić information content (AvgIpc) is 3.22. The molecule has 1 heterocycles. The number of hydrogen-bond acceptors (Lipinski definition) is 4. The molecular formula is C25H21ClN4O. The third-order valence-electron chi connectivity index (χ3n) is 4.71. The first-order valence-corrected chi connectivity index (χ1v) is 10.3. The van der Waals surface area contributed by atoms with Gasteiger partial charge in [-0.15, -0.1) is 5.10 Å². The lowest BCUT2D eigenvalue weighted by atomic mass is 10.1. The number of rotatable bonds is 6. The maximum Gasteiger partial charge on any atom is 0.274 e. The summed E-state index contributed by atoms with van der Waals surface area (Å²) in [7, 11) is 0. The van der Waals surface area contributed by atoms with Crippen molar-refractivity contribution < 1.29 is 4.79 Å². The van der Waals surface area contributed by atoms with Gasteiger partial charge in [0.05, 0.1) is 0 Å². The van der Waals surface area contributed by atoms with E-state index in [9.17, 15) is 4.79 Å². The van der Waals surface area contributed by atoms with Crippen LogP contribution in [-0.2, 0) is 6.54 Å². The van der Waals surface area contributed by atoms with Crippen molar-refractivity contribution in [3.8, 4) is 11.4 Å². The Balaban J connectivity index is 1.62. The van der Waals surface area contributed by atoms with Gasteiger partial charge in [0.1, 0.15) is 0 Å². The van der Waals surface area contributed by atoms with Gasteiger partial charge in [-0.25, -0.2) is 0 Å². The SMILES string of the molecule is Cc1ccc(-c2nc(NCc3ccc(Cl)cc3)n(C(=O)C=Cc3ccccc3)n2)cc1. The van der Waals surface area contributed by atoms with Gasteiger partial charge in [-0.2, -0.15) is 9.67 Å². The van der Waals surface area contributed by atoms with Crippen LogP contribution in [0.3, 0.4) is 0 Å². The van der Waals surface area contributed by atoms with E-state index < -0.39 is 0 Å². The molecule has 0 aliphatic carbocycles. The van der Waals surface area contributed by atoms with Crippen LogP contribution in [0.25, 0.3) is 17.5 Å². The van der Waals surface area contributed by atoms with Crippen LogP contribution in [0.5, 0.6) is 0 Å². The van der Waals surface area contributed by atoms with Crippen molar-refractivity contribution >= 4 is 29.5 Å². The van der Waals surface area contributed by atoms with Crippen LogP contribution >= 0.6 is 11.6 Å². The van der Waals surface area contributed by atoms with E-state index in [1.165, 1.54) is 10.8 Å². The molecule has 5 nitrogen and oxygen atoms in total. The number of carbonyl (C=O) groups is 1. The Labute approximate surface area is 186 Å². The summed E-state index contributed by atoms with van der Waals surface area (Å²) in [5, 5.41) is 8.37. The summed E-state index contributed by atoms with van der Waals surface area (Å²) in [6.07, 6.45) is 3.26. The van der Waals surface area contributed by atoms with Crippen LogP contribution in [0.2, 0.25) is 5.02 Å². The normalized spacial score (nSPS) is 11.0. The fourth-order valence-corrected chi connectivity index (χ4v) is 3.12. The van der Waals surface area contributed by atoms with E-state index >= 15 is 0 Å². The van der Waals surface area contributed by atoms with Crippen molar-refractivity contribution in [3.63, 3.8) is 0 Å². The summed E-state index contributed by atoms with van der Waals surface area (Å²) < 4.78 is 1.30. The number of aromatic nitrogens is 3. The molecular weight excluding hydrogens is 408 g/mol. The molecule has 4 rings (SSSR count). The van der Waals surface area contributed by atoms with Crippen LogP contribution in [0.1, 0.15) is 21.5 Å². The molecule has 6 heteroatoms. The maximum atomic E-state index is 12.9. The predicted molar refractivity (Wildman–Crippen MR) is 125 cm³/mol. The largest absolute Gasteiger partial charge is 0.350 e. The van der Waals surface area contributed by atoms with E-state index in [0.717, 1.165) is 22.3 Å². The van der Waals surface area contributed by atoms with Gasteiger partial charge in [-0.05, 0) is 36.3 Å². The second-order valence-corrected chi connectivity index (χ2v) is 7.54. The summed E-state index contributed by atoms with van der Waals surface area (Å²) in [6, 6.07) is 25.0. The molecule has 0 amide bonds. The fourth-order valence-electron chi connectivity index (χ4n) is 2.99. The highest BCUT2D eigenvalue weighted by atomic mass is 35.5. The summed E-state index contributed by atoms with van der Waals surface area (Å²) in [4.78, 5) is 17.5. The van der Waals surface area contributed by atoms with E-state index in [1.807, 2.05) is 85.8 Å². The molecule has 0 bridgehead atoms. The minimum Gasteiger partial charge on any atom is -0.350 e. The zero-order valence-electron chi connectivity index (χ0n) is 17.0. The maximum absolute atomic E-state index is 12.9. The van der Waals surface area contributed by atoms with E-state index in [2.05, 4.69) is 15.4 Å². The first kappa shape index (κ1) is 20.6. The van der Waals surface area contributed by atoms with Crippen LogP contribution in [0, 0.1) is 6.92 Å². The standard InChI is InChI=1S/C25H21ClN4O/c1-18-7-12-21(13-8-18)24-28-25(27-17-20-9-14-22(26)15-10-20)30(29-24)23(31)16-11-19-5-3-2-4-6-19/h2-16H,17H2,1H3,(H,27,28,29). The number of aryl methyl sites for hydroxylation is 1. The second-order valence-electron chi connectivity index (χ2n) is 7.10. The van der Waals surface area contributed by atoms with Gasteiger partial charge >= 0.3 is 0 Å². The van der Waals surface area contributed by atoms with Gasteiger partial charge < -0.3 is 5.32 Å². The zero-order chi connectivity index (χ0) is 21.6. The minimum atomic E-state index is -0.284. The first-order valence-electron chi connectivity index (χ1n) is 9.88. The molecule has 0 fully saturated rings. The van der Waals surface area contributed by atoms with Gasteiger partial charge in [0.15, 0.2) is 5.82 Å². The Bertz CT molecular complexity index is 1200. The highest BCUT2D eigenvalue weighted by Gasteiger charge is 2.15. The van der Waals surface area contributed by atoms with E-state index in [-0.39, 0.29) is 5.91 Å². The number of nitrogens with one attached hydrogen (secondary N) is 1. The Morgan fingerprint density at radius 3 is 2.42 bits per heavy atom. The molecule has 0 saturated heterocycles. The summed E-state index contributed by atoms with van der Waals surface area (Å²) in [5.41, 5.74) is 3.94. The lowest BCUT2D eigenvalue weighted by Crippen LogP contribution is -2.14. The molecule has 1 aromatic heterocycles. The van der Waals surface area contributed by atoms with Gasteiger partial charge in [0.25, 0.3) is 5.91 Å². The van der Waals surface area contributed by atoms with Crippen molar-refractivity contribution in [1.29, 1.82) is 0 Å². The summed E-state index contributed by atoms with van der Waals surface area (Å²) in [5.74, 6) is 0.585. The number of allylic oxidation sites excluding steroid dienone is 1. The van der Waals surface area contributed by atoms with Crippen LogP contribution in [0.4, 0.5) is 5.95 Å². The molecule has 0 spiro atoms. The van der Waals surface area contributed by atoms with Gasteiger partial charge in [-0.3, -0.25) is 4.79 Å². The Morgan fingerprint density at radius 1 is 1.00 bits per heavy atom. The average molecular weight is 429 g/mol. The molecule has 0 unspecified atom stereocenters. The van der Waals surface area contributed by atoms with Crippen LogP contribution < -0.4 is 5.32 Å². The number of carbonyl (C=O) groups excluding carboxylic acids is 1. The summed E-state index contributed by atoms with van der Waals surface area (Å²) in [6.45, 7) is 2.51. The van der Waals surface area contributed by atoms with E-state index in [1.54, 1.807) is 6.08 Å². The van der Waals surface area contributed by atoms with Gasteiger partial charge in [-0.1, -0.05) is 83.9 Å². The molecule has 3 aromatic carbocycles. The molecule has 0 saturated carbocycles. The Morgan fingerprint density at radius 2 is 1.71 bits per heavy atom. The van der Waals surface area contributed by atoms with E-state index in [4.69, 9.17) is 11.6 Å². The molecule has 1 N–H and O–H groups in total. The third-order valence-corrected chi connectivity index (χ3v) is 4.96. The molecule has 154 valence electrons. The lowest BCUT2D eigenvalue weighted by molar-refractivity contribution is 0.0957. The highest BCUT2D eigenvalue weighted by Crippen LogP contribution is 2.20. The molecule has 0 atom stereocenters. The zero-order valence-corrected chi connectivity index (χ0v) is 17.8. The van der Waals surface area contributed by atoms with Gasteiger partial charge in [0, 0.05) is 23.2 Å². The third kappa shape index (κ3) is 5.27. The number of nitrogens with zero attached hydrogens (tertiary/aromatic N) is 3. The molecule has 4 aromatic rings. The topological polar surface area (TPSA) is 59.8 Å². The summed E-state index contributed by atoms with van der Waals surface area (Å²) >= 11 is 5.96. The predicted octanol–water partition coefficient (Wildman–Crippen LogP) is 5.87. The molecule has 0 radical (unpaired) electrons. The van der Waals surface area contributed by atoms with Crippen molar-refractivity contribution in [1.82, 2.24) is 14.8 Å². The van der Waals surface area contributed by atoms with E-state index in [0.29, 0.717) is 23.3 Å². The monoisotopic (exact) mass is 428 g/mol. The lowest BCUT2D eigenvalue weighted by Gasteiger charge is -2.06. The van der Waals surface area contributed by atoms with Crippen molar-refractivity contribution in [2.75, 3.05) is 5.32 Å². The van der Waals surface area contributed by atoms with Crippen molar-refractivity contribution in [2.24, 2.45) is 0 Å². The minimum absolute atomic E-state index is 0.284. The smallest absolute Gasteiger partial charge is 0.274 e.